The molecular formula is C17H23N4O2S-. The Bertz CT molecular complexity index is 841. The van der Waals surface area contributed by atoms with Gasteiger partial charge < -0.3 is 9.12 Å². The lowest BCUT2D eigenvalue weighted by molar-refractivity contribution is 0.514. The highest BCUT2D eigenvalue weighted by Crippen LogP contribution is 2.25. The van der Waals surface area contributed by atoms with Crippen molar-refractivity contribution >= 4 is 33.2 Å². The molecule has 6 nitrogen and oxygen atoms in total. The summed E-state index contributed by atoms with van der Waals surface area (Å²) >= 11 is -2.36. The molecule has 130 valence electrons. The lowest BCUT2D eigenvalue weighted by Gasteiger charge is -2.11. The first-order valence-corrected chi connectivity index (χ1v) is 9.14. The molecule has 0 bridgehead atoms. The molecule has 2 N–H and O–H groups in total. The summed E-state index contributed by atoms with van der Waals surface area (Å²) < 4.78 is 19.9. The minimum absolute atomic E-state index is 0.699. The number of hydrogen-bond acceptors (Lipinski definition) is 4. The molecule has 0 radical (unpaired) electrons. The van der Waals surface area contributed by atoms with Crippen LogP contribution in [0.15, 0.2) is 30.5 Å². The number of aromatic nitrogens is 3. The number of nitrogens with zero attached hydrogens (tertiary/aromatic N) is 3. The second-order valence-electron chi connectivity index (χ2n) is 5.99. The molecule has 2 aromatic heterocycles. The van der Waals surface area contributed by atoms with Crippen molar-refractivity contribution in [2.75, 3.05) is 0 Å². The molecule has 3 aromatic rings. The molecule has 1 atom stereocenters. The van der Waals surface area contributed by atoms with E-state index in [1.807, 2.05) is 12.3 Å². The van der Waals surface area contributed by atoms with Gasteiger partial charge in [-0.1, -0.05) is 39.0 Å². The van der Waals surface area contributed by atoms with E-state index in [-0.39, 0.29) is 0 Å². The first-order valence-electron chi connectivity index (χ1n) is 8.00. The van der Waals surface area contributed by atoms with E-state index in [4.69, 9.17) is 13.7 Å². The molecule has 7 heteroatoms. The average Bonchev–Trinajstić information content (AvgIpc) is 2.90. The van der Waals surface area contributed by atoms with Gasteiger partial charge in [0, 0.05) is 29.6 Å². The number of rotatable bonds is 4. The largest absolute Gasteiger partial charge is 0.760 e. The minimum Gasteiger partial charge on any atom is -0.760 e. The standard InChI is InChI=1S/C17H21N3.H3NO2S/c1-4-16-19-15-11-18-14-8-6-5-7-13(14)17(15)20(16)10-9-12(2)3;1-4(2)3/h5-8,11-12H,4,9-10H2,1-3H3;1H2,(H,2,3)/p-1. The van der Waals surface area contributed by atoms with E-state index in [0.29, 0.717) is 5.92 Å². The third kappa shape index (κ3) is 4.37. The summed E-state index contributed by atoms with van der Waals surface area (Å²) in [5.74, 6) is 1.86. The summed E-state index contributed by atoms with van der Waals surface area (Å²) in [7, 11) is 0. The number of benzene rings is 1. The highest BCUT2D eigenvalue weighted by atomic mass is 32.2. The molecule has 2 heterocycles. The van der Waals surface area contributed by atoms with Crippen LogP contribution in [-0.4, -0.2) is 23.3 Å². The first-order chi connectivity index (χ1) is 11.4. The van der Waals surface area contributed by atoms with Crippen molar-refractivity contribution in [3.05, 3.63) is 36.3 Å². The van der Waals surface area contributed by atoms with E-state index >= 15 is 0 Å². The van der Waals surface area contributed by atoms with Crippen LogP contribution in [0.25, 0.3) is 21.9 Å². The summed E-state index contributed by atoms with van der Waals surface area (Å²) in [5.41, 5.74) is 3.31. The van der Waals surface area contributed by atoms with Crippen LogP contribution in [0.4, 0.5) is 0 Å². The van der Waals surface area contributed by atoms with E-state index in [1.54, 1.807) is 0 Å². The Morgan fingerprint density at radius 3 is 2.58 bits per heavy atom. The Morgan fingerprint density at radius 2 is 1.96 bits per heavy atom. The quantitative estimate of drug-likeness (QED) is 0.734. The average molecular weight is 347 g/mol. The highest BCUT2D eigenvalue weighted by molar-refractivity contribution is 7.76. The lowest BCUT2D eigenvalue weighted by Crippen LogP contribution is -2.05. The zero-order valence-corrected chi connectivity index (χ0v) is 15.0. The van der Waals surface area contributed by atoms with Crippen LogP contribution in [0.3, 0.4) is 0 Å². The molecule has 0 aliphatic rings. The molecule has 0 aliphatic heterocycles. The van der Waals surface area contributed by atoms with E-state index in [2.05, 4.69) is 53.7 Å². The van der Waals surface area contributed by atoms with Gasteiger partial charge in [-0.25, -0.2) is 4.98 Å². The Labute approximate surface area is 144 Å². The Kier molecular flexibility index (Phi) is 6.42. The van der Waals surface area contributed by atoms with E-state index < -0.39 is 11.3 Å². The molecule has 1 aromatic carbocycles. The van der Waals surface area contributed by atoms with Crippen molar-refractivity contribution < 1.29 is 8.76 Å². The van der Waals surface area contributed by atoms with Gasteiger partial charge in [0.2, 0.25) is 0 Å². The zero-order chi connectivity index (χ0) is 17.7. The first kappa shape index (κ1) is 18.5. The predicted molar refractivity (Wildman–Crippen MR) is 97.0 cm³/mol. The minimum atomic E-state index is -2.36. The molecule has 0 spiro atoms. The Morgan fingerprint density at radius 1 is 1.29 bits per heavy atom. The molecule has 0 aliphatic carbocycles. The summed E-state index contributed by atoms with van der Waals surface area (Å²) in [4.78, 5) is 9.28. The van der Waals surface area contributed by atoms with Crippen molar-refractivity contribution in [2.24, 2.45) is 11.1 Å². The summed E-state index contributed by atoms with van der Waals surface area (Å²) in [6.07, 6.45) is 4.04. The SMILES string of the molecule is CCc1nc2cnc3ccccc3c2n1CCC(C)C.NS(=O)[O-]. The molecular weight excluding hydrogens is 324 g/mol. The molecule has 0 saturated carbocycles. The van der Waals surface area contributed by atoms with Crippen LogP contribution in [-0.2, 0) is 24.2 Å². The molecule has 0 amide bonds. The van der Waals surface area contributed by atoms with Gasteiger partial charge in [0.1, 0.15) is 11.3 Å². The second kappa shape index (κ2) is 8.32. The number of imidazole rings is 1. The number of pyridine rings is 1. The van der Waals surface area contributed by atoms with Gasteiger partial charge in [0.25, 0.3) is 0 Å². The van der Waals surface area contributed by atoms with Crippen molar-refractivity contribution in [3.8, 4) is 0 Å². The summed E-state index contributed by atoms with van der Waals surface area (Å²) in [5, 5.41) is 5.24. The third-order valence-electron chi connectivity index (χ3n) is 3.80. The number of aryl methyl sites for hydroxylation is 2. The second-order valence-corrected chi connectivity index (χ2v) is 6.51. The Balaban J connectivity index is 0.000000471. The van der Waals surface area contributed by atoms with Crippen molar-refractivity contribution in [1.29, 1.82) is 0 Å². The fourth-order valence-corrected chi connectivity index (χ4v) is 2.71. The van der Waals surface area contributed by atoms with Gasteiger partial charge in [-0.3, -0.25) is 14.3 Å². The van der Waals surface area contributed by atoms with E-state index in [1.165, 1.54) is 23.1 Å². The monoisotopic (exact) mass is 347 g/mol. The molecule has 24 heavy (non-hydrogen) atoms. The fourth-order valence-electron chi connectivity index (χ4n) is 2.71. The number of para-hydroxylation sites is 1. The number of hydrogen-bond donors (Lipinski definition) is 1. The molecule has 3 rings (SSSR count). The maximum atomic E-state index is 8.78. The normalized spacial score (nSPS) is 12.4. The highest BCUT2D eigenvalue weighted by Gasteiger charge is 2.13. The van der Waals surface area contributed by atoms with Gasteiger partial charge in [0.05, 0.1) is 17.2 Å². The number of fused-ring (bicyclic) bond motifs is 3. The number of nitrogens with two attached hydrogens (primary N) is 1. The molecule has 0 fully saturated rings. The van der Waals surface area contributed by atoms with E-state index in [0.717, 1.165) is 24.0 Å². The van der Waals surface area contributed by atoms with Crippen LogP contribution in [0.5, 0.6) is 0 Å². The Hall–Kier alpha value is -1.83. The van der Waals surface area contributed by atoms with Gasteiger partial charge in [-0.2, -0.15) is 0 Å². The van der Waals surface area contributed by atoms with Crippen molar-refractivity contribution in [3.63, 3.8) is 0 Å². The van der Waals surface area contributed by atoms with Crippen LogP contribution in [0, 0.1) is 5.92 Å². The molecule has 1 unspecified atom stereocenters. The zero-order valence-electron chi connectivity index (χ0n) is 14.2. The smallest absolute Gasteiger partial charge is 0.109 e. The van der Waals surface area contributed by atoms with Crippen LogP contribution in [0.2, 0.25) is 0 Å². The van der Waals surface area contributed by atoms with Crippen LogP contribution >= 0.6 is 0 Å². The topological polar surface area (TPSA) is 96.9 Å². The van der Waals surface area contributed by atoms with Crippen molar-refractivity contribution in [1.82, 2.24) is 14.5 Å². The maximum Gasteiger partial charge on any atom is 0.109 e. The van der Waals surface area contributed by atoms with Crippen LogP contribution < -0.4 is 5.14 Å². The molecule has 0 saturated heterocycles. The predicted octanol–water partition coefficient (Wildman–Crippen LogP) is 2.93. The van der Waals surface area contributed by atoms with Crippen molar-refractivity contribution in [2.45, 2.75) is 40.2 Å². The maximum absolute atomic E-state index is 8.78. The summed E-state index contributed by atoms with van der Waals surface area (Å²) in [6.45, 7) is 7.74. The van der Waals surface area contributed by atoms with Gasteiger partial charge in [-0.05, 0) is 18.4 Å². The third-order valence-corrected chi connectivity index (χ3v) is 3.80. The summed E-state index contributed by atoms with van der Waals surface area (Å²) in [6, 6.07) is 8.34. The van der Waals surface area contributed by atoms with Gasteiger partial charge in [0.15, 0.2) is 0 Å². The van der Waals surface area contributed by atoms with Gasteiger partial charge in [-0.15, -0.1) is 0 Å². The van der Waals surface area contributed by atoms with Gasteiger partial charge >= 0.3 is 0 Å². The van der Waals surface area contributed by atoms with E-state index in [9.17, 15) is 0 Å². The lowest BCUT2D eigenvalue weighted by atomic mass is 10.1. The fraction of sp³-hybridized carbons (Fsp3) is 0.412. The van der Waals surface area contributed by atoms with Crippen LogP contribution in [0.1, 0.15) is 33.0 Å².